The second-order valence-electron chi connectivity index (χ2n) is 15.9. The van der Waals surface area contributed by atoms with Crippen LogP contribution in [0.5, 0.6) is 0 Å². The van der Waals surface area contributed by atoms with E-state index in [1.54, 1.807) is 0 Å². The summed E-state index contributed by atoms with van der Waals surface area (Å²) in [4.78, 5) is 0. The van der Waals surface area contributed by atoms with Crippen molar-refractivity contribution in [1.29, 1.82) is 0 Å². The summed E-state index contributed by atoms with van der Waals surface area (Å²) in [5, 5.41) is 0.301. The van der Waals surface area contributed by atoms with Crippen molar-refractivity contribution in [3.05, 3.63) is 11.6 Å². The van der Waals surface area contributed by atoms with Gasteiger partial charge in [0.15, 0.2) is 8.32 Å². The molecule has 0 bridgehead atoms. The summed E-state index contributed by atoms with van der Waals surface area (Å²) < 4.78 is 7.36. The molecule has 0 amide bonds. The van der Waals surface area contributed by atoms with Crippen LogP contribution in [0.15, 0.2) is 11.6 Å². The lowest BCUT2D eigenvalue weighted by Gasteiger charge is -2.63. The average molecular weight is 501 g/mol. The quantitative estimate of drug-likeness (QED) is 0.260. The maximum absolute atomic E-state index is 7.36. The van der Waals surface area contributed by atoms with Crippen LogP contribution in [0.1, 0.15) is 126 Å². The number of hydrogen-bond donors (Lipinski definition) is 0. The van der Waals surface area contributed by atoms with Crippen LogP contribution in [-0.2, 0) is 4.43 Å². The first-order valence-electron chi connectivity index (χ1n) is 15.5. The molecule has 4 aliphatic carbocycles. The maximum Gasteiger partial charge on any atom is 0.192 e. The Hall–Kier alpha value is -0.0831. The Kier molecular flexibility index (Phi) is 7.91. The summed E-state index contributed by atoms with van der Waals surface area (Å²) >= 11 is 0. The first kappa shape index (κ1) is 27.9. The van der Waals surface area contributed by atoms with E-state index < -0.39 is 8.32 Å². The monoisotopic (exact) mass is 500 g/mol. The second-order valence-corrected chi connectivity index (χ2v) is 20.6. The van der Waals surface area contributed by atoms with Gasteiger partial charge < -0.3 is 4.43 Å². The molecule has 4 saturated carbocycles. The summed E-state index contributed by atoms with van der Waals surface area (Å²) in [5.74, 6) is 5.52. The van der Waals surface area contributed by atoms with Crippen LogP contribution >= 0.6 is 0 Å². The van der Waals surface area contributed by atoms with Crippen LogP contribution in [0.25, 0.3) is 0 Å². The van der Waals surface area contributed by atoms with Crippen LogP contribution in [0.3, 0.4) is 0 Å². The Balaban J connectivity index is 1.55. The van der Waals surface area contributed by atoms with Gasteiger partial charge in [-0.05, 0) is 143 Å². The summed E-state index contributed by atoms with van der Waals surface area (Å²) in [6.07, 6.45) is 18.7. The highest BCUT2D eigenvalue weighted by atomic mass is 28.4. The fraction of sp³-hybridized carbons (Fsp3) is 0.939. The zero-order valence-corrected chi connectivity index (χ0v) is 26.3. The molecule has 1 nitrogen and oxygen atoms in total. The molecule has 35 heavy (non-hydrogen) atoms. The molecule has 4 fully saturated rings. The van der Waals surface area contributed by atoms with E-state index in [1.165, 1.54) is 76.2 Å². The SMILES string of the molecule is CC(C)=CCC[C@@H](C)[C@H]1CC[C@H]2[C@@H]3CC[C@@H]4CCCC(O[Si](C)(C)C(C)(C)C)[C@]4(C)[C@H]3CC[C@]12C. The maximum atomic E-state index is 7.36. The zero-order valence-electron chi connectivity index (χ0n) is 25.3. The molecule has 0 radical (unpaired) electrons. The van der Waals surface area contributed by atoms with Crippen molar-refractivity contribution in [2.45, 2.75) is 150 Å². The summed E-state index contributed by atoms with van der Waals surface area (Å²) in [6, 6.07) is 0. The Bertz CT molecular complexity index is 772. The number of fused-ring (bicyclic) bond motifs is 5. The molecule has 2 heteroatoms. The van der Waals surface area contributed by atoms with Crippen molar-refractivity contribution < 1.29 is 4.43 Å². The van der Waals surface area contributed by atoms with E-state index in [1.807, 2.05) is 0 Å². The molecule has 0 spiro atoms. The van der Waals surface area contributed by atoms with Gasteiger partial charge in [0.25, 0.3) is 0 Å². The highest BCUT2D eigenvalue weighted by Gasteiger charge is 2.62. The first-order chi connectivity index (χ1) is 16.2. The van der Waals surface area contributed by atoms with Crippen molar-refractivity contribution in [3.8, 4) is 0 Å². The Labute approximate surface area is 220 Å². The van der Waals surface area contributed by atoms with Gasteiger partial charge in [-0.1, -0.05) is 59.6 Å². The Morgan fingerprint density at radius 1 is 0.971 bits per heavy atom. The van der Waals surface area contributed by atoms with Crippen LogP contribution < -0.4 is 0 Å². The van der Waals surface area contributed by atoms with Gasteiger partial charge in [-0.25, -0.2) is 0 Å². The second kappa shape index (κ2) is 9.90. The molecule has 1 unspecified atom stereocenters. The third-order valence-corrected chi connectivity index (χ3v) is 17.3. The zero-order chi connectivity index (χ0) is 25.8. The van der Waals surface area contributed by atoms with Gasteiger partial charge in [0, 0.05) is 0 Å². The van der Waals surface area contributed by atoms with E-state index in [9.17, 15) is 0 Å². The standard InChI is InChI=1S/C33H60OSi/c1-23(2)13-11-14-24(3)27-19-20-28-26-18-17-25-15-12-16-30(34-35(9,10)31(4,5)6)33(25,8)29(26)21-22-32(27,28)7/h13,24-30H,11-12,14-22H2,1-10H3/t24-,25+,26+,27-,28+,29+,30?,32-,33+/m1/s1. The Morgan fingerprint density at radius 3 is 2.34 bits per heavy atom. The highest BCUT2D eigenvalue weighted by Crippen LogP contribution is 2.69. The lowest BCUT2D eigenvalue weighted by Crippen LogP contribution is -2.60. The van der Waals surface area contributed by atoms with Gasteiger partial charge in [-0.2, -0.15) is 0 Å². The van der Waals surface area contributed by atoms with E-state index in [0.29, 0.717) is 22.0 Å². The summed E-state index contributed by atoms with van der Waals surface area (Å²) in [5.41, 5.74) is 2.48. The van der Waals surface area contributed by atoms with Crippen molar-refractivity contribution in [2.24, 2.45) is 46.3 Å². The smallest absolute Gasteiger partial charge is 0.192 e. The number of hydrogen-bond acceptors (Lipinski definition) is 1. The number of rotatable bonds is 6. The third-order valence-electron chi connectivity index (χ3n) is 12.9. The summed E-state index contributed by atoms with van der Waals surface area (Å²) in [6.45, 7) is 24.8. The minimum absolute atomic E-state index is 0.301. The average Bonchev–Trinajstić information content (AvgIpc) is 3.10. The molecular weight excluding hydrogens is 440 g/mol. The highest BCUT2D eigenvalue weighted by molar-refractivity contribution is 6.74. The van der Waals surface area contributed by atoms with Gasteiger partial charge in [-0.3, -0.25) is 0 Å². The van der Waals surface area contributed by atoms with Crippen LogP contribution in [0.2, 0.25) is 18.1 Å². The molecule has 0 aliphatic heterocycles. The third kappa shape index (κ3) is 4.91. The predicted molar refractivity (Wildman–Crippen MR) is 155 cm³/mol. The van der Waals surface area contributed by atoms with E-state index >= 15 is 0 Å². The summed E-state index contributed by atoms with van der Waals surface area (Å²) in [7, 11) is -1.77. The molecule has 0 heterocycles. The molecule has 4 rings (SSSR count). The van der Waals surface area contributed by atoms with E-state index in [2.05, 4.69) is 74.6 Å². The van der Waals surface area contributed by atoms with E-state index in [4.69, 9.17) is 4.43 Å². The number of allylic oxidation sites excluding steroid dienone is 2. The molecular formula is C33H60OSi. The molecule has 0 N–H and O–H groups in total. The molecule has 202 valence electrons. The van der Waals surface area contributed by atoms with Crippen molar-refractivity contribution in [2.75, 3.05) is 0 Å². The Morgan fingerprint density at radius 2 is 1.69 bits per heavy atom. The normalized spacial score (nSPS) is 42.6. The molecule has 0 aromatic carbocycles. The van der Waals surface area contributed by atoms with Gasteiger partial charge in [0.1, 0.15) is 0 Å². The van der Waals surface area contributed by atoms with Crippen molar-refractivity contribution in [3.63, 3.8) is 0 Å². The lowest BCUT2D eigenvalue weighted by molar-refractivity contribution is -0.160. The molecule has 9 atom stereocenters. The first-order valence-corrected chi connectivity index (χ1v) is 18.4. The molecule has 0 aromatic heterocycles. The minimum atomic E-state index is -1.77. The predicted octanol–water partition coefficient (Wildman–Crippen LogP) is 10.4. The van der Waals surface area contributed by atoms with Crippen LogP contribution in [-0.4, -0.2) is 14.4 Å². The minimum Gasteiger partial charge on any atom is -0.413 e. The van der Waals surface area contributed by atoms with Gasteiger partial charge in [0.05, 0.1) is 6.10 Å². The largest absolute Gasteiger partial charge is 0.413 e. The van der Waals surface area contributed by atoms with Gasteiger partial charge in [-0.15, -0.1) is 0 Å². The van der Waals surface area contributed by atoms with Gasteiger partial charge in [0.2, 0.25) is 0 Å². The topological polar surface area (TPSA) is 9.23 Å². The van der Waals surface area contributed by atoms with Gasteiger partial charge >= 0.3 is 0 Å². The molecule has 0 saturated heterocycles. The lowest BCUT2D eigenvalue weighted by atomic mass is 9.44. The molecule has 0 aromatic rings. The van der Waals surface area contributed by atoms with Crippen molar-refractivity contribution in [1.82, 2.24) is 0 Å². The van der Waals surface area contributed by atoms with Crippen LogP contribution in [0.4, 0.5) is 0 Å². The fourth-order valence-corrected chi connectivity index (χ4v) is 11.3. The fourth-order valence-electron chi connectivity index (χ4n) is 9.82. The van der Waals surface area contributed by atoms with Crippen LogP contribution in [0, 0.1) is 46.3 Å². The van der Waals surface area contributed by atoms with E-state index in [-0.39, 0.29) is 0 Å². The molecule has 4 aliphatic rings. The van der Waals surface area contributed by atoms with Crippen molar-refractivity contribution >= 4 is 8.32 Å². The van der Waals surface area contributed by atoms with E-state index in [0.717, 1.165) is 35.5 Å².